The SMILES string of the molecule is CCNC(CCC(C)(C)C)C1Cc2ccccc2S1. The summed E-state index contributed by atoms with van der Waals surface area (Å²) in [6.45, 7) is 10.3. The van der Waals surface area contributed by atoms with Crippen molar-refractivity contribution in [2.45, 2.75) is 63.1 Å². The molecule has 19 heavy (non-hydrogen) atoms. The summed E-state index contributed by atoms with van der Waals surface area (Å²) >= 11 is 2.07. The van der Waals surface area contributed by atoms with Crippen LogP contribution in [0.2, 0.25) is 0 Å². The maximum Gasteiger partial charge on any atom is 0.0289 e. The lowest BCUT2D eigenvalue weighted by molar-refractivity contribution is 0.328. The van der Waals surface area contributed by atoms with E-state index in [9.17, 15) is 0 Å². The molecule has 0 bridgehead atoms. The first-order valence-electron chi connectivity index (χ1n) is 7.47. The number of thioether (sulfide) groups is 1. The van der Waals surface area contributed by atoms with Crippen LogP contribution in [-0.4, -0.2) is 17.8 Å². The zero-order valence-electron chi connectivity index (χ0n) is 12.7. The van der Waals surface area contributed by atoms with Crippen LogP contribution >= 0.6 is 11.8 Å². The van der Waals surface area contributed by atoms with Crippen LogP contribution in [0.15, 0.2) is 29.2 Å². The lowest BCUT2D eigenvalue weighted by Crippen LogP contribution is -2.38. The summed E-state index contributed by atoms with van der Waals surface area (Å²) in [5, 5.41) is 4.42. The largest absolute Gasteiger partial charge is 0.313 e. The Bertz CT molecular complexity index is 383. The summed E-state index contributed by atoms with van der Waals surface area (Å²) in [5.74, 6) is 0. The van der Waals surface area contributed by atoms with Gasteiger partial charge in [-0.05, 0) is 42.9 Å². The average molecular weight is 277 g/mol. The zero-order valence-corrected chi connectivity index (χ0v) is 13.5. The van der Waals surface area contributed by atoms with Crippen molar-refractivity contribution in [3.05, 3.63) is 29.8 Å². The Labute approximate surface area is 122 Å². The molecule has 0 saturated carbocycles. The van der Waals surface area contributed by atoms with Crippen LogP contribution in [0, 0.1) is 5.41 Å². The third-order valence-electron chi connectivity index (χ3n) is 3.79. The average Bonchev–Trinajstić information content (AvgIpc) is 2.76. The first kappa shape index (κ1) is 14.9. The van der Waals surface area contributed by atoms with E-state index in [1.807, 2.05) is 0 Å². The Balaban J connectivity index is 1.98. The van der Waals surface area contributed by atoms with Gasteiger partial charge in [0.1, 0.15) is 0 Å². The minimum Gasteiger partial charge on any atom is -0.313 e. The summed E-state index contributed by atoms with van der Waals surface area (Å²) in [6.07, 6.45) is 3.80. The summed E-state index contributed by atoms with van der Waals surface area (Å²) in [4.78, 5) is 1.49. The maximum absolute atomic E-state index is 3.71. The summed E-state index contributed by atoms with van der Waals surface area (Å²) < 4.78 is 0. The third-order valence-corrected chi connectivity index (χ3v) is 5.24. The van der Waals surface area contributed by atoms with Crippen LogP contribution in [0.25, 0.3) is 0 Å². The fraction of sp³-hybridized carbons (Fsp3) is 0.647. The number of rotatable bonds is 5. The van der Waals surface area contributed by atoms with Gasteiger partial charge in [-0.2, -0.15) is 0 Å². The van der Waals surface area contributed by atoms with Gasteiger partial charge in [0, 0.05) is 16.2 Å². The van der Waals surface area contributed by atoms with E-state index in [1.54, 1.807) is 0 Å². The lowest BCUT2D eigenvalue weighted by Gasteiger charge is -2.27. The van der Waals surface area contributed by atoms with E-state index in [-0.39, 0.29) is 0 Å². The molecule has 1 nitrogen and oxygen atoms in total. The summed E-state index contributed by atoms with van der Waals surface area (Å²) in [5.41, 5.74) is 1.97. The molecule has 0 aliphatic carbocycles. The van der Waals surface area contributed by atoms with E-state index in [0.29, 0.717) is 16.7 Å². The Morgan fingerprint density at radius 1 is 1.32 bits per heavy atom. The highest BCUT2D eigenvalue weighted by molar-refractivity contribution is 8.00. The highest BCUT2D eigenvalue weighted by Crippen LogP contribution is 2.39. The topological polar surface area (TPSA) is 12.0 Å². The first-order chi connectivity index (χ1) is 8.99. The molecule has 0 saturated heterocycles. The first-order valence-corrected chi connectivity index (χ1v) is 8.35. The van der Waals surface area contributed by atoms with Gasteiger partial charge in [0.2, 0.25) is 0 Å². The molecule has 2 rings (SSSR count). The second-order valence-electron chi connectivity index (χ2n) is 6.73. The van der Waals surface area contributed by atoms with Crippen LogP contribution in [0.3, 0.4) is 0 Å². The summed E-state index contributed by atoms with van der Waals surface area (Å²) in [7, 11) is 0. The fourth-order valence-corrected chi connectivity index (χ4v) is 4.15. The standard InChI is InChI=1S/C17H27NS/c1-5-18-14(10-11-17(2,3)4)16-12-13-8-6-7-9-15(13)19-16/h6-9,14,16,18H,5,10-12H2,1-4H3. The Morgan fingerprint density at radius 3 is 2.68 bits per heavy atom. The van der Waals surface area contributed by atoms with Crippen LogP contribution < -0.4 is 5.32 Å². The van der Waals surface area contributed by atoms with Gasteiger partial charge in [-0.15, -0.1) is 11.8 Å². The van der Waals surface area contributed by atoms with Crippen molar-refractivity contribution < 1.29 is 0 Å². The molecule has 1 aromatic rings. The van der Waals surface area contributed by atoms with Gasteiger partial charge in [-0.1, -0.05) is 45.9 Å². The van der Waals surface area contributed by atoms with Gasteiger partial charge in [0.05, 0.1) is 0 Å². The molecule has 1 N–H and O–H groups in total. The molecule has 1 heterocycles. The summed E-state index contributed by atoms with van der Waals surface area (Å²) in [6, 6.07) is 9.52. The van der Waals surface area contributed by atoms with Gasteiger partial charge in [0.15, 0.2) is 0 Å². The van der Waals surface area contributed by atoms with Gasteiger partial charge >= 0.3 is 0 Å². The minimum absolute atomic E-state index is 0.434. The molecular weight excluding hydrogens is 250 g/mol. The lowest BCUT2D eigenvalue weighted by atomic mass is 9.87. The van der Waals surface area contributed by atoms with Gasteiger partial charge in [-0.25, -0.2) is 0 Å². The fourth-order valence-electron chi connectivity index (χ4n) is 2.70. The smallest absolute Gasteiger partial charge is 0.0289 e. The van der Waals surface area contributed by atoms with Crippen molar-refractivity contribution in [3.63, 3.8) is 0 Å². The number of fused-ring (bicyclic) bond motifs is 1. The molecule has 2 unspecified atom stereocenters. The monoisotopic (exact) mass is 277 g/mol. The molecule has 0 spiro atoms. The van der Waals surface area contributed by atoms with E-state index in [0.717, 1.165) is 6.54 Å². The second kappa shape index (κ2) is 6.32. The van der Waals surface area contributed by atoms with Crippen molar-refractivity contribution >= 4 is 11.8 Å². The number of nitrogens with one attached hydrogen (secondary N) is 1. The van der Waals surface area contributed by atoms with E-state index < -0.39 is 0 Å². The normalized spacial score (nSPS) is 20.3. The minimum atomic E-state index is 0.434. The molecule has 1 aromatic carbocycles. The predicted octanol–water partition coefficient (Wildman–Crippen LogP) is 4.51. The van der Waals surface area contributed by atoms with Crippen LogP contribution in [0.5, 0.6) is 0 Å². The van der Waals surface area contributed by atoms with Crippen LogP contribution in [-0.2, 0) is 6.42 Å². The molecule has 106 valence electrons. The van der Waals surface area contributed by atoms with E-state index in [1.165, 1.54) is 29.7 Å². The molecule has 1 aliphatic rings. The van der Waals surface area contributed by atoms with Gasteiger partial charge in [-0.3, -0.25) is 0 Å². The van der Waals surface area contributed by atoms with Crippen LogP contribution in [0.4, 0.5) is 0 Å². The van der Waals surface area contributed by atoms with Crippen LogP contribution in [0.1, 0.15) is 46.1 Å². The molecule has 0 radical (unpaired) electrons. The van der Waals surface area contributed by atoms with Crippen molar-refractivity contribution in [2.75, 3.05) is 6.54 Å². The molecule has 2 heteroatoms. The molecular formula is C17H27NS. The van der Waals surface area contributed by atoms with E-state index >= 15 is 0 Å². The third kappa shape index (κ3) is 4.25. The van der Waals surface area contributed by atoms with Crippen molar-refractivity contribution in [1.29, 1.82) is 0 Å². The van der Waals surface area contributed by atoms with Gasteiger partial charge < -0.3 is 5.32 Å². The quantitative estimate of drug-likeness (QED) is 0.850. The number of hydrogen-bond acceptors (Lipinski definition) is 2. The molecule has 0 amide bonds. The second-order valence-corrected chi connectivity index (χ2v) is 8.01. The maximum atomic E-state index is 3.71. The molecule has 0 aromatic heterocycles. The van der Waals surface area contributed by atoms with Gasteiger partial charge in [0.25, 0.3) is 0 Å². The predicted molar refractivity (Wildman–Crippen MR) is 85.9 cm³/mol. The number of benzene rings is 1. The van der Waals surface area contributed by atoms with Crippen molar-refractivity contribution in [2.24, 2.45) is 5.41 Å². The molecule has 2 atom stereocenters. The Morgan fingerprint density at radius 2 is 2.05 bits per heavy atom. The van der Waals surface area contributed by atoms with E-state index in [4.69, 9.17) is 0 Å². The van der Waals surface area contributed by atoms with E-state index in [2.05, 4.69) is 69.0 Å². The Hall–Kier alpha value is -0.470. The molecule has 0 fully saturated rings. The molecule has 1 aliphatic heterocycles. The highest BCUT2D eigenvalue weighted by Gasteiger charge is 2.29. The zero-order chi connectivity index (χ0) is 13.9. The Kier molecular flexibility index (Phi) is 4.97. The highest BCUT2D eigenvalue weighted by atomic mass is 32.2. The number of hydrogen-bond donors (Lipinski definition) is 1. The van der Waals surface area contributed by atoms with Crippen molar-refractivity contribution in [3.8, 4) is 0 Å². The van der Waals surface area contributed by atoms with Crippen molar-refractivity contribution in [1.82, 2.24) is 5.32 Å².